The SMILES string of the molecule is O=C(Cn1cnc2sc(-c3ccccc3)cc2c1=O)N/N=C/c1ccccc1Cl. The Kier molecular flexibility index (Phi) is 5.50. The lowest BCUT2D eigenvalue weighted by Crippen LogP contribution is -2.29. The predicted molar refractivity (Wildman–Crippen MR) is 117 cm³/mol. The van der Waals surface area contributed by atoms with E-state index in [0.717, 1.165) is 10.4 Å². The maximum atomic E-state index is 12.7. The zero-order valence-electron chi connectivity index (χ0n) is 15.1. The van der Waals surface area contributed by atoms with Crippen LogP contribution in [0.5, 0.6) is 0 Å². The van der Waals surface area contributed by atoms with Crippen LogP contribution in [0.3, 0.4) is 0 Å². The molecule has 29 heavy (non-hydrogen) atoms. The van der Waals surface area contributed by atoms with Crippen LogP contribution in [0.1, 0.15) is 5.56 Å². The molecule has 0 fully saturated rings. The first-order chi connectivity index (χ1) is 14.1. The van der Waals surface area contributed by atoms with E-state index in [2.05, 4.69) is 15.5 Å². The molecule has 4 aromatic rings. The maximum Gasteiger partial charge on any atom is 0.262 e. The van der Waals surface area contributed by atoms with Crippen LogP contribution in [0.4, 0.5) is 0 Å². The van der Waals surface area contributed by atoms with Crippen molar-refractivity contribution in [1.29, 1.82) is 0 Å². The molecule has 2 aromatic carbocycles. The number of rotatable bonds is 5. The Morgan fingerprint density at radius 1 is 1.17 bits per heavy atom. The van der Waals surface area contributed by atoms with Gasteiger partial charge in [-0.05, 0) is 17.7 Å². The molecule has 0 spiro atoms. The van der Waals surface area contributed by atoms with Crippen molar-refractivity contribution in [2.75, 3.05) is 0 Å². The van der Waals surface area contributed by atoms with E-state index in [4.69, 9.17) is 11.6 Å². The third-order valence-corrected chi connectivity index (χ3v) is 5.62. The number of nitrogens with zero attached hydrogens (tertiary/aromatic N) is 3. The normalized spacial score (nSPS) is 11.2. The molecule has 0 unspecified atom stereocenters. The summed E-state index contributed by atoms with van der Waals surface area (Å²) in [6.07, 6.45) is 2.84. The number of nitrogens with one attached hydrogen (secondary N) is 1. The summed E-state index contributed by atoms with van der Waals surface area (Å²) in [5.41, 5.74) is 3.84. The molecule has 2 aromatic heterocycles. The van der Waals surface area contributed by atoms with Crippen LogP contribution in [-0.4, -0.2) is 21.7 Å². The highest BCUT2D eigenvalue weighted by Gasteiger charge is 2.12. The van der Waals surface area contributed by atoms with Crippen molar-refractivity contribution >= 4 is 45.3 Å². The lowest BCUT2D eigenvalue weighted by atomic mass is 10.2. The molecule has 1 amide bonds. The van der Waals surface area contributed by atoms with Crippen LogP contribution in [0.2, 0.25) is 5.02 Å². The molecule has 2 heterocycles. The summed E-state index contributed by atoms with van der Waals surface area (Å²) < 4.78 is 1.27. The van der Waals surface area contributed by atoms with E-state index in [1.165, 1.54) is 28.4 Å². The first kappa shape index (κ1) is 19.0. The fourth-order valence-electron chi connectivity index (χ4n) is 2.76. The predicted octanol–water partition coefficient (Wildman–Crippen LogP) is 3.93. The van der Waals surface area contributed by atoms with Gasteiger partial charge in [0.1, 0.15) is 11.4 Å². The van der Waals surface area contributed by atoms with Crippen molar-refractivity contribution < 1.29 is 4.79 Å². The molecule has 8 heteroatoms. The highest BCUT2D eigenvalue weighted by molar-refractivity contribution is 7.21. The van der Waals surface area contributed by atoms with E-state index in [1.807, 2.05) is 48.5 Å². The van der Waals surface area contributed by atoms with Crippen molar-refractivity contribution in [1.82, 2.24) is 15.0 Å². The van der Waals surface area contributed by atoms with Gasteiger partial charge >= 0.3 is 0 Å². The number of benzene rings is 2. The minimum absolute atomic E-state index is 0.182. The third-order valence-electron chi connectivity index (χ3n) is 4.19. The van der Waals surface area contributed by atoms with Crippen LogP contribution in [-0.2, 0) is 11.3 Å². The summed E-state index contributed by atoms with van der Waals surface area (Å²) in [5, 5.41) is 4.91. The van der Waals surface area contributed by atoms with E-state index in [9.17, 15) is 9.59 Å². The molecule has 0 saturated carbocycles. The topological polar surface area (TPSA) is 76.3 Å². The highest BCUT2D eigenvalue weighted by Crippen LogP contribution is 2.30. The number of hydrogen-bond acceptors (Lipinski definition) is 5. The van der Waals surface area contributed by atoms with E-state index >= 15 is 0 Å². The summed E-state index contributed by atoms with van der Waals surface area (Å²) in [6.45, 7) is -0.182. The van der Waals surface area contributed by atoms with Crippen LogP contribution in [0.15, 0.2) is 76.9 Å². The highest BCUT2D eigenvalue weighted by atomic mass is 35.5. The van der Waals surface area contributed by atoms with Gasteiger partial charge in [-0.25, -0.2) is 10.4 Å². The van der Waals surface area contributed by atoms with Crippen molar-refractivity contribution in [3.05, 3.63) is 87.9 Å². The summed E-state index contributed by atoms with van der Waals surface area (Å²) in [7, 11) is 0. The molecule has 0 radical (unpaired) electrons. The van der Waals surface area contributed by atoms with Gasteiger partial charge in [0.25, 0.3) is 11.5 Å². The molecule has 6 nitrogen and oxygen atoms in total. The van der Waals surface area contributed by atoms with Crippen molar-refractivity contribution in [2.24, 2.45) is 5.10 Å². The van der Waals surface area contributed by atoms with Crippen molar-refractivity contribution in [3.63, 3.8) is 0 Å². The number of carbonyl (C=O) groups excluding carboxylic acids is 1. The van der Waals surface area contributed by atoms with Crippen LogP contribution >= 0.6 is 22.9 Å². The molecule has 144 valence electrons. The molecule has 0 bridgehead atoms. The zero-order valence-corrected chi connectivity index (χ0v) is 16.7. The Hall–Kier alpha value is -3.29. The number of aromatic nitrogens is 2. The average Bonchev–Trinajstić information content (AvgIpc) is 3.17. The Morgan fingerprint density at radius 2 is 1.93 bits per heavy atom. The first-order valence-corrected chi connectivity index (χ1v) is 9.92. The van der Waals surface area contributed by atoms with Crippen LogP contribution in [0, 0.1) is 0 Å². The lowest BCUT2D eigenvalue weighted by molar-refractivity contribution is -0.121. The Labute approximate surface area is 175 Å². The zero-order chi connectivity index (χ0) is 20.2. The second kappa shape index (κ2) is 8.38. The fraction of sp³-hybridized carbons (Fsp3) is 0.0476. The Balaban J connectivity index is 1.51. The third kappa shape index (κ3) is 4.26. The second-order valence-corrected chi connectivity index (χ2v) is 7.63. The largest absolute Gasteiger partial charge is 0.289 e. The van der Waals surface area contributed by atoms with E-state index in [-0.39, 0.29) is 12.1 Å². The quantitative estimate of drug-likeness (QED) is 0.391. The fourth-order valence-corrected chi connectivity index (χ4v) is 3.94. The average molecular weight is 423 g/mol. The number of thiophene rings is 1. The molecular formula is C21H15ClN4O2S. The minimum Gasteiger partial charge on any atom is -0.289 e. The standard InChI is InChI=1S/C21H15ClN4O2S/c22-17-9-5-4-8-15(17)11-24-25-19(27)12-26-13-23-20-16(21(26)28)10-18(29-20)14-6-2-1-3-7-14/h1-11,13H,12H2,(H,25,27)/b24-11+. The molecule has 4 rings (SSSR count). The lowest BCUT2D eigenvalue weighted by Gasteiger charge is -2.03. The van der Waals surface area contributed by atoms with Gasteiger partial charge in [-0.2, -0.15) is 5.10 Å². The second-order valence-electron chi connectivity index (χ2n) is 6.19. The Bertz CT molecular complexity index is 1260. The summed E-state index contributed by atoms with van der Waals surface area (Å²) >= 11 is 7.48. The number of hydrazone groups is 1. The van der Waals surface area contributed by atoms with Gasteiger partial charge in [-0.15, -0.1) is 11.3 Å². The van der Waals surface area contributed by atoms with E-state index in [1.54, 1.807) is 12.1 Å². The van der Waals surface area contributed by atoms with Gasteiger partial charge in [-0.1, -0.05) is 60.1 Å². The van der Waals surface area contributed by atoms with Gasteiger partial charge in [0.05, 0.1) is 17.9 Å². The number of halogens is 1. The first-order valence-electron chi connectivity index (χ1n) is 8.72. The number of fused-ring (bicyclic) bond motifs is 1. The van der Waals surface area contributed by atoms with Gasteiger partial charge < -0.3 is 0 Å². The smallest absolute Gasteiger partial charge is 0.262 e. The monoisotopic (exact) mass is 422 g/mol. The summed E-state index contributed by atoms with van der Waals surface area (Å²) in [5.74, 6) is -0.435. The molecule has 0 saturated heterocycles. The molecule has 0 atom stereocenters. The van der Waals surface area contributed by atoms with Gasteiger partial charge in [-0.3, -0.25) is 14.2 Å². The summed E-state index contributed by atoms with van der Waals surface area (Å²) in [6, 6.07) is 18.7. The number of amides is 1. The van der Waals surface area contributed by atoms with Crippen LogP contribution < -0.4 is 11.0 Å². The molecule has 0 aliphatic carbocycles. The maximum absolute atomic E-state index is 12.7. The van der Waals surface area contributed by atoms with E-state index < -0.39 is 5.91 Å². The van der Waals surface area contributed by atoms with E-state index in [0.29, 0.717) is 20.8 Å². The van der Waals surface area contributed by atoms with Crippen LogP contribution in [0.25, 0.3) is 20.7 Å². The molecule has 0 aliphatic rings. The number of hydrogen-bond donors (Lipinski definition) is 1. The Morgan fingerprint density at radius 3 is 2.72 bits per heavy atom. The molecular weight excluding hydrogens is 408 g/mol. The summed E-state index contributed by atoms with van der Waals surface area (Å²) in [4.78, 5) is 30.8. The number of carbonyl (C=O) groups is 1. The van der Waals surface area contributed by atoms with Crippen molar-refractivity contribution in [3.8, 4) is 10.4 Å². The van der Waals surface area contributed by atoms with Gasteiger partial charge in [0.2, 0.25) is 0 Å². The molecule has 0 aliphatic heterocycles. The molecule has 1 N–H and O–H groups in total. The van der Waals surface area contributed by atoms with Crippen molar-refractivity contribution in [2.45, 2.75) is 6.54 Å². The minimum atomic E-state index is -0.435. The van der Waals surface area contributed by atoms with Gasteiger partial charge in [0, 0.05) is 15.5 Å². The van der Waals surface area contributed by atoms with Gasteiger partial charge in [0.15, 0.2) is 0 Å².